The topological polar surface area (TPSA) is 46.3 Å². The molecule has 1 aliphatic heterocycles. The first kappa shape index (κ1) is 14.9. The molecule has 0 radical (unpaired) electrons. The molecule has 0 bridgehead atoms. The first-order valence-electron chi connectivity index (χ1n) is 8.43. The smallest absolute Gasteiger partial charge is 0.158 e. The van der Waals surface area contributed by atoms with Crippen molar-refractivity contribution in [1.29, 1.82) is 0 Å². The van der Waals surface area contributed by atoms with Crippen LogP contribution in [0.3, 0.4) is 0 Å². The molecule has 24 heavy (non-hydrogen) atoms. The van der Waals surface area contributed by atoms with E-state index < -0.39 is 0 Å². The number of aryl methyl sites for hydroxylation is 2. The minimum absolute atomic E-state index is 0.911. The zero-order valence-electron chi connectivity index (χ0n) is 14.1. The Morgan fingerprint density at radius 3 is 2.50 bits per heavy atom. The number of rotatable bonds is 3. The number of pyridine rings is 1. The minimum atomic E-state index is 0.911. The third-order valence-electron chi connectivity index (χ3n) is 4.59. The third-order valence-corrected chi connectivity index (χ3v) is 4.59. The van der Waals surface area contributed by atoms with Crippen LogP contribution in [-0.4, -0.2) is 32.7 Å². The maximum Gasteiger partial charge on any atom is 0.158 e. The lowest BCUT2D eigenvalue weighted by Gasteiger charge is -2.16. The highest BCUT2D eigenvalue weighted by Crippen LogP contribution is 2.19. The van der Waals surface area contributed by atoms with Gasteiger partial charge < -0.3 is 4.90 Å². The van der Waals surface area contributed by atoms with Gasteiger partial charge in [0.25, 0.3) is 0 Å². The molecule has 0 N–H and O–H groups in total. The van der Waals surface area contributed by atoms with Crippen molar-refractivity contribution < 1.29 is 0 Å². The molecule has 122 valence electrons. The van der Waals surface area contributed by atoms with Crippen LogP contribution in [0.25, 0.3) is 17.8 Å². The van der Waals surface area contributed by atoms with Crippen LogP contribution in [0.1, 0.15) is 35.5 Å². The number of fused-ring (bicyclic) bond motifs is 1. The van der Waals surface area contributed by atoms with Crippen molar-refractivity contribution in [3.05, 3.63) is 53.1 Å². The SMILES string of the molecule is Cc1nn2ccc(/C=C/c3cccc(N4CCCC4)n3)nc2c1C. The number of hydrogen-bond acceptors (Lipinski definition) is 4. The molecule has 0 atom stereocenters. The third kappa shape index (κ3) is 2.77. The van der Waals surface area contributed by atoms with Crippen molar-refractivity contribution in [2.75, 3.05) is 18.0 Å². The van der Waals surface area contributed by atoms with Gasteiger partial charge in [0.2, 0.25) is 0 Å². The Balaban J connectivity index is 1.60. The second-order valence-electron chi connectivity index (χ2n) is 6.28. The molecule has 0 spiro atoms. The lowest BCUT2D eigenvalue weighted by Crippen LogP contribution is -2.18. The van der Waals surface area contributed by atoms with Gasteiger partial charge in [0.1, 0.15) is 5.82 Å². The summed E-state index contributed by atoms with van der Waals surface area (Å²) in [5.74, 6) is 1.07. The molecule has 5 nitrogen and oxygen atoms in total. The molecule has 0 saturated carbocycles. The molecular weight excluding hydrogens is 298 g/mol. The quantitative estimate of drug-likeness (QED) is 0.741. The molecule has 0 unspecified atom stereocenters. The summed E-state index contributed by atoms with van der Waals surface area (Å²) in [6.07, 6.45) is 8.51. The molecule has 1 fully saturated rings. The summed E-state index contributed by atoms with van der Waals surface area (Å²) < 4.78 is 1.83. The van der Waals surface area contributed by atoms with Crippen molar-refractivity contribution in [3.8, 4) is 0 Å². The van der Waals surface area contributed by atoms with E-state index in [-0.39, 0.29) is 0 Å². The van der Waals surface area contributed by atoms with E-state index in [9.17, 15) is 0 Å². The molecule has 1 aliphatic rings. The Morgan fingerprint density at radius 2 is 1.71 bits per heavy atom. The lowest BCUT2D eigenvalue weighted by atomic mass is 10.2. The van der Waals surface area contributed by atoms with E-state index in [1.54, 1.807) is 0 Å². The van der Waals surface area contributed by atoms with Crippen molar-refractivity contribution in [1.82, 2.24) is 19.6 Å². The Morgan fingerprint density at radius 1 is 0.958 bits per heavy atom. The first-order valence-corrected chi connectivity index (χ1v) is 8.43. The van der Waals surface area contributed by atoms with Crippen molar-refractivity contribution in [2.45, 2.75) is 26.7 Å². The van der Waals surface area contributed by atoms with Crippen LogP contribution in [0, 0.1) is 13.8 Å². The Labute approximate surface area is 141 Å². The van der Waals surface area contributed by atoms with Gasteiger partial charge in [-0.05, 0) is 57.0 Å². The van der Waals surface area contributed by atoms with Crippen molar-refractivity contribution in [3.63, 3.8) is 0 Å². The van der Waals surface area contributed by atoms with Gasteiger partial charge in [0.05, 0.1) is 17.1 Å². The van der Waals surface area contributed by atoms with E-state index in [2.05, 4.69) is 34.0 Å². The minimum Gasteiger partial charge on any atom is -0.357 e. The van der Waals surface area contributed by atoms with Crippen LogP contribution < -0.4 is 4.90 Å². The highest BCUT2D eigenvalue weighted by Gasteiger charge is 2.13. The summed E-state index contributed by atoms with van der Waals surface area (Å²) in [4.78, 5) is 11.8. The van der Waals surface area contributed by atoms with Gasteiger partial charge in [-0.3, -0.25) is 0 Å². The number of anilines is 1. The standard InChI is InChI=1S/C19H21N5/c1-14-15(2)22-24-13-10-17(21-19(14)24)9-8-16-6-5-7-18(20-16)23-11-3-4-12-23/h5-10,13H,3-4,11-12H2,1-2H3/b9-8+. The van der Waals surface area contributed by atoms with Gasteiger partial charge >= 0.3 is 0 Å². The first-order chi connectivity index (χ1) is 11.7. The van der Waals surface area contributed by atoms with E-state index in [4.69, 9.17) is 4.98 Å². The molecule has 5 heteroatoms. The fourth-order valence-corrected chi connectivity index (χ4v) is 3.08. The van der Waals surface area contributed by atoms with Gasteiger partial charge in [-0.15, -0.1) is 0 Å². The molecule has 0 aromatic carbocycles. The van der Waals surface area contributed by atoms with E-state index in [1.165, 1.54) is 12.8 Å². The van der Waals surface area contributed by atoms with Crippen molar-refractivity contribution in [2.24, 2.45) is 0 Å². The summed E-state index contributed by atoms with van der Waals surface area (Å²) in [6, 6.07) is 8.16. The van der Waals surface area contributed by atoms with Gasteiger partial charge in [0.15, 0.2) is 5.65 Å². The Bertz CT molecular complexity index is 903. The lowest BCUT2D eigenvalue weighted by molar-refractivity contribution is 0.915. The van der Waals surface area contributed by atoms with Crippen LogP contribution in [0.15, 0.2) is 30.5 Å². The predicted molar refractivity (Wildman–Crippen MR) is 97.1 cm³/mol. The van der Waals surface area contributed by atoms with Gasteiger partial charge in [0, 0.05) is 24.8 Å². The predicted octanol–water partition coefficient (Wildman–Crippen LogP) is 3.51. The average Bonchev–Trinajstić information content (AvgIpc) is 3.23. The summed E-state index contributed by atoms with van der Waals surface area (Å²) >= 11 is 0. The largest absolute Gasteiger partial charge is 0.357 e. The Hall–Kier alpha value is -2.69. The fraction of sp³-hybridized carbons (Fsp3) is 0.316. The zero-order valence-corrected chi connectivity index (χ0v) is 14.1. The molecule has 4 rings (SSSR count). The monoisotopic (exact) mass is 319 g/mol. The highest BCUT2D eigenvalue weighted by molar-refractivity contribution is 5.68. The van der Waals surface area contributed by atoms with Crippen LogP contribution in [0.5, 0.6) is 0 Å². The van der Waals surface area contributed by atoms with Gasteiger partial charge in [-0.25, -0.2) is 14.5 Å². The van der Waals surface area contributed by atoms with Crippen LogP contribution in [0.4, 0.5) is 5.82 Å². The maximum atomic E-state index is 4.75. The molecule has 3 aromatic heterocycles. The van der Waals surface area contributed by atoms with E-state index in [0.717, 1.165) is 47.2 Å². The van der Waals surface area contributed by atoms with E-state index in [0.29, 0.717) is 0 Å². The highest BCUT2D eigenvalue weighted by atomic mass is 15.2. The maximum absolute atomic E-state index is 4.75. The van der Waals surface area contributed by atoms with Crippen LogP contribution in [-0.2, 0) is 0 Å². The summed E-state index contributed by atoms with van der Waals surface area (Å²) in [7, 11) is 0. The molecule has 0 aliphatic carbocycles. The Kier molecular flexibility index (Phi) is 3.76. The number of hydrogen-bond donors (Lipinski definition) is 0. The van der Waals surface area contributed by atoms with Gasteiger partial charge in [-0.2, -0.15) is 5.10 Å². The second kappa shape index (κ2) is 6.07. The molecular formula is C19H21N5. The summed E-state index contributed by atoms with van der Waals surface area (Å²) in [5, 5.41) is 4.44. The normalized spacial score (nSPS) is 15.0. The van der Waals surface area contributed by atoms with Crippen molar-refractivity contribution >= 4 is 23.6 Å². The van der Waals surface area contributed by atoms with Gasteiger partial charge in [-0.1, -0.05) is 6.07 Å². The van der Waals surface area contributed by atoms with Crippen LogP contribution >= 0.6 is 0 Å². The number of aromatic nitrogens is 4. The average molecular weight is 319 g/mol. The fourth-order valence-electron chi connectivity index (χ4n) is 3.08. The second-order valence-corrected chi connectivity index (χ2v) is 6.28. The number of nitrogens with zero attached hydrogens (tertiary/aromatic N) is 5. The van der Waals surface area contributed by atoms with E-state index >= 15 is 0 Å². The molecule has 1 saturated heterocycles. The molecule has 3 aromatic rings. The van der Waals surface area contributed by atoms with E-state index in [1.807, 2.05) is 41.9 Å². The zero-order chi connectivity index (χ0) is 16.5. The summed E-state index contributed by atoms with van der Waals surface area (Å²) in [6.45, 7) is 6.28. The molecule has 4 heterocycles. The summed E-state index contributed by atoms with van der Waals surface area (Å²) in [5.41, 5.74) is 4.93. The molecule has 0 amide bonds. The van der Waals surface area contributed by atoms with Crippen LogP contribution in [0.2, 0.25) is 0 Å².